The number of hydrogen-bond donors (Lipinski definition) is 2. The molecule has 0 atom stereocenters. The van der Waals surface area contributed by atoms with Crippen LogP contribution in [0.15, 0.2) is 0 Å². The van der Waals surface area contributed by atoms with Crippen LogP contribution in [0, 0.1) is 19.8 Å². The van der Waals surface area contributed by atoms with E-state index in [1.165, 1.54) is 17.7 Å². The van der Waals surface area contributed by atoms with E-state index in [4.69, 9.17) is 0 Å². The number of aliphatic hydroxyl groups is 1. The van der Waals surface area contributed by atoms with Crippen molar-refractivity contribution in [1.29, 1.82) is 0 Å². The summed E-state index contributed by atoms with van der Waals surface area (Å²) in [7, 11) is 0. The van der Waals surface area contributed by atoms with Gasteiger partial charge >= 0.3 is 0 Å². The van der Waals surface area contributed by atoms with E-state index >= 15 is 0 Å². The van der Waals surface area contributed by atoms with Gasteiger partial charge in [-0.05, 0) is 45.4 Å². The van der Waals surface area contributed by atoms with Crippen molar-refractivity contribution >= 4 is 11.3 Å². The summed E-state index contributed by atoms with van der Waals surface area (Å²) in [4.78, 5) is 5.76. The second-order valence-corrected chi connectivity index (χ2v) is 7.00. The average molecular weight is 268 g/mol. The van der Waals surface area contributed by atoms with Gasteiger partial charge in [0.25, 0.3) is 0 Å². The molecule has 3 nitrogen and oxygen atoms in total. The van der Waals surface area contributed by atoms with Crippen LogP contribution >= 0.6 is 11.3 Å². The molecular formula is C14H24N2OS. The Morgan fingerprint density at radius 2 is 2.06 bits per heavy atom. The molecule has 1 saturated carbocycles. The molecule has 0 spiro atoms. The zero-order valence-corrected chi connectivity index (χ0v) is 12.4. The van der Waals surface area contributed by atoms with Crippen molar-refractivity contribution in [3.8, 4) is 0 Å². The van der Waals surface area contributed by atoms with Crippen LogP contribution < -0.4 is 5.32 Å². The van der Waals surface area contributed by atoms with Crippen LogP contribution in [-0.4, -0.2) is 22.2 Å². The lowest BCUT2D eigenvalue weighted by atomic mass is 9.77. The highest BCUT2D eigenvalue weighted by Gasteiger charge is 2.33. The molecule has 0 bridgehead atoms. The summed E-state index contributed by atoms with van der Waals surface area (Å²) in [5.74, 6) is 0.805. The fourth-order valence-electron chi connectivity index (χ4n) is 2.71. The van der Waals surface area contributed by atoms with Crippen LogP contribution in [0.4, 0.5) is 0 Å². The molecule has 1 fully saturated rings. The fourth-order valence-corrected chi connectivity index (χ4v) is 3.59. The monoisotopic (exact) mass is 268 g/mol. The quantitative estimate of drug-likeness (QED) is 0.882. The largest absolute Gasteiger partial charge is 0.394 e. The smallest absolute Gasteiger partial charge is 0.0900 e. The van der Waals surface area contributed by atoms with Gasteiger partial charge in [0.1, 0.15) is 0 Å². The Morgan fingerprint density at radius 1 is 1.39 bits per heavy atom. The molecule has 18 heavy (non-hydrogen) atoms. The van der Waals surface area contributed by atoms with E-state index in [9.17, 15) is 5.11 Å². The van der Waals surface area contributed by atoms with Gasteiger partial charge in [-0.3, -0.25) is 0 Å². The minimum Gasteiger partial charge on any atom is -0.394 e. The molecule has 4 heteroatoms. The number of aliphatic hydroxyl groups excluding tert-OH is 1. The van der Waals surface area contributed by atoms with Gasteiger partial charge in [0, 0.05) is 17.0 Å². The van der Waals surface area contributed by atoms with Crippen molar-refractivity contribution in [3.63, 3.8) is 0 Å². The lowest BCUT2D eigenvalue weighted by Crippen LogP contribution is -2.50. The topological polar surface area (TPSA) is 45.2 Å². The number of rotatable bonds is 4. The van der Waals surface area contributed by atoms with E-state index < -0.39 is 0 Å². The van der Waals surface area contributed by atoms with Gasteiger partial charge in [-0.25, -0.2) is 4.98 Å². The number of aromatic nitrogens is 1. The number of nitrogens with one attached hydrogen (secondary N) is 1. The van der Waals surface area contributed by atoms with Gasteiger partial charge in [-0.2, -0.15) is 0 Å². The highest BCUT2D eigenvalue weighted by atomic mass is 32.1. The molecule has 1 heterocycles. The summed E-state index contributed by atoms with van der Waals surface area (Å²) >= 11 is 1.76. The molecule has 102 valence electrons. The first-order valence-electron chi connectivity index (χ1n) is 6.83. The van der Waals surface area contributed by atoms with Crippen LogP contribution in [0.1, 0.15) is 48.2 Å². The zero-order valence-electron chi connectivity index (χ0n) is 11.6. The van der Waals surface area contributed by atoms with E-state index in [0.717, 1.165) is 36.0 Å². The van der Waals surface area contributed by atoms with Crippen molar-refractivity contribution in [2.75, 3.05) is 6.61 Å². The summed E-state index contributed by atoms with van der Waals surface area (Å²) in [6.07, 6.45) is 4.60. The summed E-state index contributed by atoms with van der Waals surface area (Å²) in [6.45, 7) is 7.50. The highest BCUT2D eigenvalue weighted by molar-refractivity contribution is 7.11. The highest BCUT2D eigenvalue weighted by Crippen LogP contribution is 2.32. The number of nitrogens with zero attached hydrogens (tertiary/aromatic N) is 1. The van der Waals surface area contributed by atoms with Crippen molar-refractivity contribution < 1.29 is 5.11 Å². The zero-order chi connectivity index (χ0) is 13.2. The third-order valence-corrected chi connectivity index (χ3v) is 5.23. The van der Waals surface area contributed by atoms with Crippen molar-refractivity contribution in [3.05, 3.63) is 15.6 Å². The van der Waals surface area contributed by atoms with Gasteiger partial charge < -0.3 is 10.4 Å². The van der Waals surface area contributed by atoms with Crippen LogP contribution in [0.25, 0.3) is 0 Å². The minimum absolute atomic E-state index is 0.0587. The molecule has 0 amide bonds. The molecule has 1 aromatic rings. The fraction of sp³-hybridized carbons (Fsp3) is 0.786. The maximum absolute atomic E-state index is 9.71. The molecule has 1 aromatic heterocycles. The maximum atomic E-state index is 9.71. The van der Waals surface area contributed by atoms with Crippen LogP contribution in [-0.2, 0) is 6.54 Å². The Morgan fingerprint density at radius 3 is 2.56 bits per heavy atom. The van der Waals surface area contributed by atoms with Crippen LogP contribution in [0.5, 0.6) is 0 Å². The van der Waals surface area contributed by atoms with Gasteiger partial charge in [-0.15, -0.1) is 11.3 Å². The number of hydrogen-bond acceptors (Lipinski definition) is 4. The molecule has 0 unspecified atom stereocenters. The summed E-state index contributed by atoms with van der Waals surface area (Å²) in [6, 6.07) is 0. The standard InChI is InChI=1S/C14H24N2OS/c1-10-4-6-14(9-17,7-5-10)15-8-13-11(2)16-12(3)18-13/h10,15,17H,4-9H2,1-3H3. The lowest BCUT2D eigenvalue weighted by Gasteiger charge is -2.39. The second-order valence-electron chi connectivity index (χ2n) is 5.72. The SMILES string of the molecule is Cc1nc(C)c(CNC2(CO)CCC(C)CC2)s1. The van der Waals surface area contributed by atoms with E-state index in [2.05, 4.69) is 24.1 Å². The molecule has 2 N–H and O–H groups in total. The first kappa shape index (κ1) is 14.0. The Labute approximate surface area is 114 Å². The Balaban J connectivity index is 1.97. The van der Waals surface area contributed by atoms with Crippen LogP contribution in [0.2, 0.25) is 0 Å². The third kappa shape index (κ3) is 3.11. The van der Waals surface area contributed by atoms with Gasteiger partial charge in [0.05, 0.1) is 17.3 Å². The number of aryl methyl sites for hydroxylation is 2. The van der Waals surface area contributed by atoms with E-state index in [1.54, 1.807) is 11.3 Å². The summed E-state index contributed by atoms with van der Waals surface area (Å²) in [5, 5.41) is 14.4. The maximum Gasteiger partial charge on any atom is 0.0900 e. The molecule has 1 aliphatic rings. The lowest BCUT2D eigenvalue weighted by molar-refractivity contribution is 0.104. The average Bonchev–Trinajstić information content (AvgIpc) is 2.68. The molecular weight excluding hydrogens is 244 g/mol. The minimum atomic E-state index is -0.0587. The molecule has 2 rings (SSSR count). The van der Waals surface area contributed by atoms with Crippen molar-refractivity contribution in [2.24, 2.45) is 5.92 Å². The first-order chi connectivity index (χ1) is 8.54. The molecule has 0 radical (unpaired) electrons. The van der Waals surface area contributed by atoms with E-state index in [1.807, 2.05) is 6.92 Å². The Kier molecular flexibility index (Phi) is 4.41. The second kappa shape index (κ2) is 5.68. The first-order valence-corrected chi connectivity index (χ1v) is 7.65. The summed E-state index contributed by atoms with van der Waals surface area (Å²) in [5.41, 5.74) is 1.07. The number of thiazole rings is 1. The Bertz CT molecular complexity index is 394. The van der Waals surface area contributed by atoms with Gasteiger partial charge in [0.2, 0.25) is 0 Å². The van der Waals surface area contributed by atoms with Gasteiger partial charge in [0.15, 0.2) is 0 Å². The van der Waals surface area contributed by atoms with E-state index in [0.29, 0.717) is 0 Å². The van der Waals surface area contributed by atoms with Crippen molar-refractivity contribution in [1.82, 2.24) is 10.3 Å². The van der Waals surface area contributed by atoms with Crippen LogP contribution in [0.3, 0.4) is 0 Å². The molecule has 0 aliphatic heterocycles. The Hall–Kier alpha value is -0.450. The van der Waals surface area contributed by atoms with Gasteiger partial charge in [-0.1, -0.05) is 6.92 Å². The van der Waals surface area contributed by atoms with E-state index in [-0.39, 0.29) is 12.1 Å². The van der Waals surface area contributed by atoms with Crippen molar-refractivity contribution in [2.45, 2.75) is 58.5 Å². The predicted molar refractivity (Wildman–Crippen MR) is 75.9 cm³/mol. The predicted octanol–water partition coefficient (Wildman–Crippen LogP) is 2.79. The molecule has 1 aliphatic carbocycles. The molecule has 0 aromatic carbocycles. The normalized spacial score (nSPS) is 28.6. The third-order valence-electron chi connectivity index (χ3n) is 4.16. The summed E-state index contributed by atoms with van der Waals surface area (Å²) < 4.78 is 0. The molecule has 0 saturated heterocycles.